The van der Waals surface area contributed by atoms with Gasteiger partial charge in [0.15, 0.2) is 0 Å². The van der Waals surface area contributed by atoms with Crippen LogP contribution in [0.1, 0.15) is 6.92 Å². The lowest BCUT2D eigenvalue weighted by Gasteiger charge is -2.31. The van der Waals surface area contributed by atoms with Gasteiger partial charge >= 0.3 is 0 Å². The van der Waals surface area contributed by atoms with Crippen LogP contribution in [-0.2, 0) is 10.0 Å². The average molecular weight is 352 g/mol. The quantitative estimate of drug-likeness (QED) is 0.641. The maximum absolute atomic E-state index is 12.7. The zero-order chi connectivity index (χ0) is 15.6. The minimum absolute atomic E-state index is 0. The molecule has 22 heavy (non-hydrogen) atoms. The number of benzene rings is 1. The van der Waals surface area contributed by atoms with E-state index in [0.29, 0.717) is 19.6 Å². The van der Waals surface area contributed by atoms with Gasteiger partial charge in [-0.05, 0) is 13.0 Å². The van der Waals surface area contributed by atoms with Gasteiger partial charge in [0.2, 0.25) is 10.0 Å². The molecule has 0 bridgehead atoms. The second kappa shape index (κ2) is 7.23. The monoisotopic (exact) mass is 351 g/mol. The molecule has 1 aliphatic rings. The molecule has 1 aliphatic heterocycles. The molecule has 8 nitrogen and oxygen atoms in total. The summed E-state index contributed by atoms with van der Waals surface area (Å²) in [6, 6.07) is 3.59. The Bertz CT molecular complexity index is 652. The van der Waals surface area contributed by atoms with Crippen LogP contribution in [0.4, 0.5) is 5.69 Å². The van der Waals surface area contributed by atoms with Crippen LogP contribution < -0.4 is 10.1 Å². The second-order valence-corrected chi connectivity index (χ2v) is 6.72. The van der Waals surface area contributed by atoms with Gasteiger partial charge in [0, 0.05) is 37.8 Å². The summed E-state index contributed by atoms with van der Waals surface area (Å²) < 4.78 is 31.7. The SMILES string of the molecule is COc1ccc([N+](=O)[O-])cc1S(=O)(=O)N1CCN[C@H](C)C1.Cl. The van der Waals surface area contributed by atoms with Crippen molar-refractivity contribution in [2.24, 2.45) is 0 Å². The smallest absolute Gasteiger partial charge is 0.271 e. The Labute approximate surface area is 135 Å². The largest absolute Gasteiger partial charge is 0.495 e. The molecule has 1 N–H and O–H groups in total. The van der Waals surface area contributed by atoms with Crippen LogP contribution in [0.25, 0.3) is 0 Å². The fraction of sp³-hybridized carbons (Fsp3) is 0.500. The van der Waals surface area contributed by atoms with Crippen molar-refractivity contribution in [1.29, 1.82) is 0 Å². The molecule has 0 unspecified atom stereocenters. The van der Waals surface area contributed by atoms with Crippen LogP contribution in [0, 0.1) is 10.1 Å². The summed E-state index contributed by atoms with van der Waals surface area (Å²) in [5.74, 6) is 0.104. The molecule has 1 aromatic rings. The van der Waals surface area contributed by atoms with Gasteiger partial charge in [0.1, 0.15) is 10.6 Å². The maximum atomic E-state index is 12.7. The maximum Gasteiger partial charge on any atom is 0.271 e. The highest BCUT2D eigenvalue weighted by atomic mass is 35.5. The fourth-order valence-corrected chi connectivity index (χ4v) is 3.94. The minimum Gasteiger partial charge on any atom is -0.495 e. The van der Waals surface area contributed by atoms with Crippen molar-refractivity contribution in [2.75, 3.05) is 26.7 Å². The number of hydrogen-bond donors (Lipinski definition) is 1. The van der Waals surface area contributed by atoms with E-state index in [1.807, 2.05) is 6.92 Å². The Kier molecular flexibility index (Phi) is 6.12. The molecule has 1 atom stereocenters. The molecule has 10 heteroatoms. The van der Waals surface area contributed by atoms with Crippen LogP contribution in [0.3, 0.4) is 0 Å². The second-order valence-electron chi connectivity index (χ2n) is 4.81. The molecule has 0 amide bonds. The normalized spacial score (nSPS) is 19.3. The molecule has 1 fully saturated rings. The molecule has 1 saturated heterocycles. The number of nitrogens with one attached hydrogen (secondary N) is 1. The number of sulfonamides is 1. The Balaban J connectivity index is 0.00000242. The van der Waals surface area contributed by atoms with E-state index in [1.54, 1.807) is 0 Å². The fourth-order valence-electron chi connectivity index (χ4n) is 2.23. The standard InChI is InChI=1S/C12H17N3O5S.ClH/c1-9-8-14(6-5-13-9)21(18,19)12-7-10(15(16)17)3-4-11(12)20-2;/h3-4,7,9,13H,5-6,8H2,1-2H3;1H/t9-;/m1./s1. The van der Waals surface area contributed by atoms with Gasteiger partial charge in [0.05, 0.1) is 12.0 Å². The van der Waals surface area contributed by atoms with Gasteiger partial charge in [0.25, 0.3) is 5.69 Å². The van der Waals surface area contributed by atoms with E-state index in [9.17, 15) is 18.5 Å². The first-order chi connectivity index (χ1) is 9.86. The van der Waals surface area contributed by atoms with Crippen LogP contribution in [0.15, 0.2) is 23.1 Å². The molecule has 0 aromatic heterocycles. The highest BCUT2D eigenvalue weighted by Gasteiger charge is 2.32. The van der Waals surface area contributed by atoms with Crippen molar-refractivity contribution in [3.05, 3.63) is 28.3 Å². The molecule has 0 radical (unpaired) electrons. The Hall–Kier alpha value is -1.42. The van der Waals surface area contributed by atoms with Gasteiger partial charge in [-0.15, -0.1) is 12.4 Å². The van der Waals surface area contributed by atoms with Gasteiger partial charge in [-0.3, -0.25) is 10.1 Å². The van der Waals surface area contributed by atoms with Gasteiger partial charge in [-0.1, -0.05) is 0 Å². The predicted octanol–water partition coefficient (Wildman–Crippen LogP) is 1.01. The third kappa shape index (κ3) is 3.67. The van der Waals surface area contributed by atoms with Crippen molar-refractivity contribution in [3.8, 4) is 5.75 Å². The first kappa shape index (κ1) is 18.6. The Morgan fingerprint density at radius 3 is 2.68 bits per heavy atom. The molecule has 0 spiro atoms. The third-order valence-corrected chi connectivity index (χ3v) is 5.19. The number of hydrogen-bond acceptors (Lipinski definition) is 6. The van der Waals surface area contributed by atoms with E-state index in [-0.39, 0.29) is 34.8 Å². The van der Waals surface area contributed by atoms with E-state index < -0.39 is 14.9 Å². The number of non-ortho nitro benzene ring substituents is 1. The topological polar surface area (TPSA) is 102 Å². The third-order valence-electron chi connectivity index (χ3n) is 3.31. The van der Waals surface area contributed by atoms with Crippen LogP contribution >= 0.6 is 12.4 Å². The van der Waals surface area contributed by atoms with E-state index in [0.717, 1.165) is 6.07 Å². The first-order valence-corrected chi connectivity index (χ1v) is 7.86. The van der Waals surface area contributed by atoms with Crippen LogP contribution in [0.2, 0.25) is 0 Å². The zero-order valence-electron chi connectivity index (χ0n) is 12.2. The average Bonchev–Trinajstić information content (AvgIpc) is 2.46. The van der Waals surface area contributed by atoms with Crippen LogP contribution in [-0.4, -0.2) is 50.4 Å². The molecule has 0 aliphatic carbocycles. The van der Waals surface area contributed by atoms with Crippen LogP contribution in [0.5, 0.6) is 5.75 Å². The number of nitrogens with zero attached hydrogens (tertiary/aromatic N) is 2. The zero-order valence-corrected chi connectivity index (χ0v) is 13.8. The van der Waals surface area contributed by atoms with Gasteiger partial charge in [-0.2, -0.15) is 4.31 Å². The highest BCUT2D eigenvalue weighted by molar-refractivity contribution is 7.89. The molecule has 1 aromatic carbocycles. The first-order valence-electron chi connectivity index (χ1n) is 6.42. The number of halogens is 1. The van der Waals surface area contributed by atoms with E-state index in [2.05, 4.69) is 5.32 Å². The lowest BCUT2D eigenvalue weighted by Crippen LogP contribution is -2.51. The molecule has 124 valence electrons. The lowest BCUT2D eigenvalue weighted by atomic mass is 10.3. The van der Waals surface area contributed by atoms with Crippen molar-refractivity contribution in [1.82, 2.24) is 9.62 Å². The molecular formula is C12H18ClN3O5S. The summed E-state index contributed by atoms with van der Waals surface area (Å²) in [7, 11) is -2.50. The number of methoxy groups -OCH3 is 1. The summed E-state index contributed by atoms with van der Waals surface area (Å²) in [5, 5.41) is 14.0. The molecule has 1 heterocycles. The van der Waals surface area contributed by atoms with E-state index in [4.69, 9.17) is 4.74 Å². The number of ether oxygens (including phenoxy) is 1. The molecule has 0 saturated carbocycles. The van der Waals surface area contributed by atoms with E-state index >= 15 is 0 Å². The predicted molar refractivity (Wildman–Crippen MR) is 83.1 cm³/mol. The van der Waals surface area contributed by atoms with E-state index in [1.165, 1.54) is 23.5 Å². The Morgan fingerprint density at radius 2 is 2.14 bits per heavy atom. The summed E-state index contributed by atoms with van der Waals surface area (Å²) in [6.45, 7) is 3.05. The summed E-state index contributed by atoms with van der Waals surface area (Å²) in [5.41, 5.74) is -0.280. The molecular weight excluding hydrogens is 334 g/mol. The number of rotatable bonds is 4. The van der Waals surface area contributed by atoms with Gasteiger partial charge < -0.3 is 10.1 Å². The minimum atomic E-state index is -3.83. The highest BCUT2D eigenvalue weighted by Crippen LogP contribution is 2.30. The number of piperazine rings is 1. The van der Waals surface area contributed by atoms with Crippen molar-refractivity contribution in [3.63, 3.8) is 0 Å². The van der Waals surface area contributed by atoms with Crippen molar-refractivity contribution < 1.29 is 18.1 Å². The van der Waals surface area contributed by atoms with Crippen molar-refractivity contribution >= 4 is 28.1 Å². The summed E-state index contributed by atoms with van der Waals surface area (Å²) in [4.78, 5) is 10.1. The lowest BCUT2D eigenvalue weighted by molar-refractivity contribution is -0.385. The number of nitro benzene ring substituents is 1. The Morgan fingerprint density at radius 1 is 1.45 bits per heavy atom. The number of nitro groups is 1. The van der Waals surface area contributed by atoms with Gasteiger partial charge in [-0.25, -0.2) is 8.42 Å². The summed E-state index contributed by atoms with van der Waals surface area (Å²) >= 11 is 0. The van der Waals surface area contributed by atoms with Crippen molar-refractivity contribution in [2.45, 2.75) is 17.9 Å². The summed E-state index contributed by atoms with van der Waals surface area (Å²) in [6.07, 6.45) is 0. The molecule has 2 rings (SSSR count).